The van der Waals surface area contributed by atoms with Crippen LogP contribution in [-0.4, -0.2) is 51.5 Å². The lowest BCUT2D eigenvalue weighted by molar-refractivity contribution is 0.0285. The van der Waals surface area contributed by atoms with E-state index in [1.807, 2.05) is 20.8 Å². The fourth-order valence-electron chi connectivity index (χ4n) is 2.71. The van der Waals surface area contributed by atoms with E-state index in [0.717, 1.165) is 38.4 Å². The normalized spacial score (nSPS) is 22.7. The average Bonchev–Trinajstić information content (AvgIpc) is 2.41. The standard InChI is InChI=1S/C16H31NO5S/c1-16(2,3)22-15(18)17(4)11-10-13-6-8-14(9-7-13)12-21-23(5,19)20/h13-14H,6-12H2,1-5H3. The number of rotatable bonds is 6. The minimum Gasteiger partial charge on any atom is -0.444 e. The van der Waals surface area contributed by atoms with Crippen molar-refractivity contribution in [2.24, 2.45) is 11.8 Å². The zero-order valence-electron chi connectivity index (χ0n) is 15.0. The molecule has 7 heteroatoms. The van der Waals surface area contributed by atoms with Gasteiger partial charge >= 0.3 is 6.09 Å². The third-order valence-corrected chi connectivity index (χ3v) is 4.63. The van der Waals surface area contributed by atoms with Crippen molar-refractivity contribution in [3.05, 3.63) is 0 Å². The van der Waals surface area contributed by atoms with Crippen LogP contribution in [0.15, 0.2) is 0 Å². The molecule has 0 aromatic rings. The minimum absolute atomic E-state index is 0.285. The Morgan fingerprint density at radius 2 is 1.65 bits per heavy atom. The van der Waals surface area contributed by atoms with Crippen LogP contribution in [0, 0.1) is 11.8 Å². The van der Waals surface area contributed by atoms with Crippen molar-refractivity contribution in [3.8, 4) is 0 Å². The monoisotopic (exact) mass is 349 g/mol. The smallest absolute Gasteiger partial charge is 0.410 e. The van der Waals surface area contributed by atoms with Crippen molar-refractivity contribution in [2.75, 3.05) is 26.5 Å². The molecule has 0 atom stereocenters. The van der Waals surface area contributed by atoms with Crippen LogP contribution in [0.1, 0.15) is 52.9 Å². The molecule has 0 aromatic heterocycles. The molecule has 136 valence electrons. The van der Waals surface area contributed by atoms with Crippen LogP contribution in [0.2, 0.25) is 0 Å². The molecular formula is C16H31NO5S. The van der Waals surface area contributed by atoms with Gasteiger partial charge in [0.1, 0.15) is 5.60 Å². The summed E-state index contributed by atoms with van der Waals surface area (Å²) in [5.41, 5.74) is -0.469. The molecule has 0 spiro atoms. The van der Waals surface area contributed by atoms with Gasteiger partial charge in [-0.2, -0.15) is 8.42 Å². The summed E-state index contributed by atoms with van der Waals surface area (Å²) in [4.78, 5) is 13.5. The number of carbonyl (C=O) groups excluding carboxylic acids is 1. The van der Waals surface area contributed by atoms with Crippen LogP contribution in [0.3, 0.4) is 0 Å². The molecule has 0 aliphatic heterocycles. The van der Waals surface area contributed by atoms with E-state index in [4.69, 9.17) is 8.92 Å². The highest BCUT2D eigenvalue weighted by Crippen LogP contribution is 2.31. The molecule has 1 amide bonds. The number of amides is 1. The van der Waals surface area contributed by atoms with Gasteiger partial charge in [0.15, 0.2) is 0 Å². The molecule has 0 heterocycles. The first-order chi connectivity index (χ1) is 10.5. The van der Waals surface area contributed by atoms with Gasteiger partial charge in [-0.15, -0.1) is 0 Å². The molecule has 0 unspecified atom stereocenters. The number of ether oxygens (including phenoxy) is 1. The molecular weight excluding hydrogens is 318 g/mol. The Balaban J connectivity index is 2.24. The van der Waals surface area contributed by atoms with Crippen LogP contribution in [0.4, 0.5) is 4.79 Å². The van der Waals surface area contributed by atoms with E-state index in [1.165, 1.54) is 0 Å². The topological polar surface area (TPSA) is 72.9 Å². The molecule has 0 radical (unpaired) electrons. The summed E-state index contributed by atoms with van der Waals surface area (Å²) in [6, 6.07) is 0. The highest BCUT2D eigenvalue weighted by atomic mass is 32.2. The highest BCUT2D eigenvalue weighted by Gasteiger charge is 2.24. The van der Waals surface area contributed by atoms with Crippen LogP contribution in [-0.2, 0) is 19.0 Å². The van der Waals surface area contributed by atoms with Gasteiger partial charge in [0, 0.05) is 13.6 Å². The lowest BCUT2D eigenvalue weighted by atomic mass is 9.81. The van der Waals surface area contributed by atoms with Crippen molar-refractivity contribution < 1.29 is 22.1 Å². The average molecular weight is 349 g/mol. The molecule has 1 saturated carbocycles. The van der Waals surface area contributed by atoms with Gasteiger partial charge in [0.05, 0.1) is 12.9 Å². The molecule has 1 aliphatic carbocycles. The fourth-order valence-corrected chi connectivity index (χ4v) is 3.15. The largest absolute Gasteiger partial charge is 0.444 e. The maximum atomic E-state index is 11.9. The van der Waals surface area contributed by atoms with Gasteiger partial charge in [-0.1, -0.05) is 12.8 Å². The molecule has 0 bridgehead atoms. The zero-order chi connectivity index (χ0) is 17.7. The Bertz CT molecular complexity index is 475. The quantitative estimate of drug-likeness (QED) is 0.689. The Morgan fingerprint density at radius 1 is 1.13 bits per heavy atom. The van der Waals surface area contributed by atoms with Crippen molar-refractivity contribution >= 4 is 16.2 Å². The maximum absolute atomic E-state index is 11.9. The predicted octanol–water partition coefficient (Wildman–Crippen LogP) is 3.03. The molecule has 6 nitrogen and oxygen atoms in total. The molecule has 0 N–H and O–H groups in total. The van der Waals surface area contributed by atoms with Gasteiger partial charge in [0.25, 0.3) is 10.1 Å². The molecule has 1 fully saturated rings. The third kappa shape index (κ3) is 9.15. The Kier molecular flexibility index (Phi) is 7.32. The van der Waals surface area contributed by atoms with Crippen LogP contribution in [0.5, 0.6) is 0 Å². The van der Waals surface area contributed by atoms with Crippen molar-refractivity contribution in [3.63, 3.8) is 0 Å². The van der Waals surface area contributed by atoms with Crippen molar-refractivity contribution in [2.45, 2.75) is 58.5 Å². The Labute approximate surface area is 140 Å². The highest BCUT2D eigenvalue weighted by molar-refractivity contribution is 7.85. The van der Waals surface area contributed by atoms with E-state index in [9.17, 15) is 13.2 Å². The van der Waals surface area contributed by atoms with E-state index in [1.54, 1.807) is 11.9 Å². The maximum Gasteiger partial charge on any atom is 0.410 e. The summed E-state index contributed by atoms with van der Waals surface area (Å²) < 4.78 is 32.2. The van der Waals surface area contributed by atoms with Gasteiger partial charge in [-0.25, -0.2) is 4.79 Å². The summed E-state index contributed by atoms with van der Waals surface area (Å²) >= 11 is 0. The predicted molar refractivity (Wildman–Crippen MR) is 89.7 cm³/mol. The number of hydrogen-bond acceptors (Lipinski definition) is 5. The van der Waals surface area contributed by atoms with Crippen molar-refractivity contribution in [1.29, 1.82) is 0 Å². The minimum atomic E-state index is -3.34. The summed E-state index contributed by atoms with van der Waals surface area (Å²) in [6.07, 6.45) is 5.83. The second-order valence-electron chi connectivity index (χ2n) is 7.57. The van der Waals surface area contributed by atoms with Gasteiger partial charge < -0.3 is 9.64 Å². The van der Waals surface area contributed by atoms with E-state index < -0.39 is 15.7 Å². The summed E-state index contributed by atoms with van der Waals surface area (Å²) in [6.45, 7) is 6.56. The molecule has 0 aromatic carbocycles. The second kappa shape index (κ2) is 8.33. The van der Waals surface area contributed by atoms with Gasteiger partial charge in [-0.3, -0.25) is 4.18 Å². The molecule has 1 aliphatic rings. The summed E-state index contributed by atoms with van der Waals surface area (Å²) in [7, 11) is -1.58. The first-order valence-corrected chi connectivity index (χ1v) is 10.1. The van der Waals surface area contributed by atoms with Crippen LogP contribution in [0.25, 0.3) is 0 Å². The fraction of sp³-hybridized carbons (Fsp3) is 0.938. The lowest BCUT2D eigenvalue weighted by Crippen LogP contribution is -2.35. The number of nitrogens with zero attached hydrogens (tertiary/aromatic N) is 1. The van der Waals surface area contributed by atoms with Crippen LogP contribution >= 0.6 is 0 Å². The van der Waals surface area contributed by atoms with E-state index in [2.05, 4.69) is 0 Å². The zero-order valence-corrected chi connectivity index (χ0v) is 15.8. The third-order valence-electron chi connectivity index (χ3n) is 4.06. The van der Waals surface area contributed by atoms with Crippen molar-refractivity contribution in [1.82, 2.24) is 4.90 Å². The van der Waals surface area contributed by atoms with E-state index in [0.29, 0.717) is 25.0 Å². The lowest BCUT2D eigenvalue weighted by Gasteiger charge is -2.30. The first-order valence-electron chi connectivity index (χ1n) is 8.25. The SMILES string of the molecule is CN(CCC1CCC(COS(C)(=O)=O)CC1)C(=O)OC(C)(C)C. The molecule has 0 saturated heterocycles. The Hall–Kier alpha value is -0.820. The van der Waals surface area contributed by atoms with E-state index >= 15 is 0 Å². The Morgan fingerprint density at radius 3 is 2.13 bits per heavy atom. The number of hydrogen-bond donors (Lipinski definition) is 0. The molecule has 1 rings (SSSR count). The second-order valence-corrected chi connectivity index (χ2v) is 9.21. The molecule has 23 heavy (non-hydrogen) atoms. The summed E-state index contributed by atoms with van der Waals surface area (Å²) in [5, 5.41) is 0. The summed E-state index contributed by atoms with van der Waals surface area (Å²) in [5.74, 6) is 0.902. The van der Waals surface area contributed by atoms with Gasteiger partial charge in [-0.05, 0) is 51.9 Å². The first kappa shape index (κ1) is 20.2. The van der Waals surface area contributed by atoms with E-state index in [-0.39, 0.29) is 6.09 Å². The van der Waals surface area contributed by atoms with Crippen LogP contribution < -0.4 is 0 Å². The van der Waals surface area contributed by atoms with Gasteiger partial charge in [0.2, 0.25) is 0 Å². The number of carbonyl (C=O) groups is 1.